The third-order valence-electron chi connectivity index (χ3n) is 2.93. The van der Waals surface area contributed by atoms with Gasteiger partial charge in [0, 0.05) is 17.1 Å². The number of nitrogens with zero attached hydrogens (tertiary/aromatic N) is 5. The number of benzene rings is 1. The number of aromatic amines is 1. The molecule has 8 heteroatoms. The monoisotopic (exact) mass is 285 g/mol. The second kappa shape index (κ2) is 4.17. The quantitative estimate of drug-likeness (QED) is 0.553. The Morgan fingerprint density at radius 2 is 2.20 bits per heavy atom. The first-order valence-electron chi connectivity index (χ1n) is 5.86. The van der Waals surface area contributed by atoms with E-state index >= 15 is 0 Å². The van der Waals surface area contributed by atoms with E-state index in [0.29, 0.717) is 16.7 Å². The van der Waals surface area contributed by atoms with E-state index in [1.807, 2.05) is 18.2 Å². The van der Waals surface area contributed by atoms with Crippen LogP contribution in [-0.4, -0.2) is 29.8 Å². The molecule has 0 aliphatic rings. The van der Waals surface area contributed by atoms with Crippen LogP contribution in [0.4, 0.5) is 11.5 Å². The average molecular weight is 286 g/mol. The van der Waals surface area contributed by atoms with Crippen LogP contribution in [-0.2, 0) is 0 Å². The molecule has 98 valence electrons. The fourth-order valence-electron chi connectivity index (χ4n) is 2.04. The Hall–Kier alpha value is -2.67. The van der Waals surface area contributed by atoms with Crippen molar-refractivity contribution in [3.05, 3.63) is 41.9 Å². The molecule has 4 rings (SSSR count). The molecule has 0 saturated carbocycles. The van der Waals surface area contributed by atoms with E-state index in [9.17, 15) is 0 Å². The first kappa shape index (κ1) is 11.2. The molecule has 7 nitrogen and oxygen atoms in total. The Labute approximate surface area is 117 Å². The largest absolute Gasteiger partial charge is 0.340 e. The molecule has 2 N–H and O–H groups in total. The first-order valence-corrected chi connectivity index (χ1v) is 6.24. The molecule has 0 atom stereocenters. The highest BCUT2D eigenvalue weighted by Crippen LogP contribution is 2.22. The third kappa shape index (κ3) is 1.76. The van der Waals surface area contributed by atoms with E-state index in [-0.39, 0.29) is 0 Å². The lowest BCUT2D eigenvalue weighted by molar-refractivity contribution is 0.947. The maximum absolute atomic E-state index is 5.98. The molecule has 0 radical (unpaired) electrons. The van der Waals surface area contributed by atoms with Crippen LogP contribution in [0.5, 0.6) is 0 Å². The third-order valence-corrected chi connectivity index (χ3v) is 3.13. The van der Waals surface area contributed by atoms with Crippen LogP contribution in [0.15, 0.2) is 36.8 Å². The molecule has 0 fully saturated rings. The smallest absolute Gasteiger partial charge is 0.255 e. The van der Waals surface area contributed by atoms with E-state index < -0.39 is 0 Å². The van der Waals surface area contributed by atoms with Gasteiger partial charge in [-0.3, -0.25) is 5.10 Å². The second-order valence-electron chi connectivity index (χ2n) is 4.23. The molecule has 20 heavy (non-hydrogen) atoms. The number of hydrogen-bond acceptors (Lipinski definition) is 5. The zero-order valence-electron chi connectivity index (χ0n) is 10.1. The molecule has 0 unspecified atom stereocenters. The lowest BCUT2D eigenvalue weighted by atomic mass is 10.2. The van der Waals surface area contributed by atoms with Crippen LogP contribution in [0.1, 0.15) is 0 Å². The normalized spacial score (nSPS) is 11.2. The fraction of sp³-hybridized carbons (Fsp3) is 0. The Kier molecular flexibility index (Phi) is 2.33. The van der Waals surface area contributed by atoms with Crippen molar-refractivity contribution in [2.45, 2.75) is 0 Å². The Bertz CT molecular complexity index is 910. The fourth-order valence-corrected chi connectivity index (χ4v) is 2.21. The van der Waals surface area contributed by atoms with Gasteiger partial charge in [-0.25, -0.2) is 0 Å². The molecular weight excluding hydrogens is 278 g/mol. The standard InChI is InChI=1S/C12H8ClN7/c13-10-4-11(20-12(18-10)14-6-16-20)17-8-2-1-7-5-15-19-9(7)3-8/h1-6,17H,(H,15,19). The van der Waals surface area contributed by atoms with E-state index in [1.165, 1.54) is 6.33 Å². The molecule has 4 aromatic rings. The molecular formula is C12H8ClN7. The average Bonchev–Trinajstić information content (AvgIpc) is 3.05. The van der Waals surface area contributed by atoms with Gasteiger partial charge in [-0.1, -0.05) is 11.6 Å². The summed E-state index contributed by atoms with van der Waals surface area (Å²) >= 11 is 5.98. The van der Waals surface area contributed by atoms with Gasteiger partial charge in [0.15, 0.2) is 0 Å². The van der Waals surface area contributed by atoms with Crippen LogP contribution >= 0.6 is 11.6 Å². The van der Waals surface area contributed by atoms with Gasteiger partial charge < -0.3 is 5.32 Å². The number of fused-ring (bicyclic) bond motifs is 2. The summed E-state index contributed by atoms with van der Waals surface area (Å²) < 4.78 is 1.59. The summed E-state index contributed by atoms with van der Waals surface area (Å²) in [6.07, 6.45) is 3.21. The molecule has 0 amide bonds. The van der Waals surface area contributed by atoms with Crippen LogP contribution in [0, 0.1) is 0 Å². The molecule has 3 aromatic heterocycles. The van der Waals surface area contributed by atoms with E-state index in [4.69, 9.17) is 11.6 Å². The summed E-state index contributed by atoms with van der Waals surface area (Å²) in [7, 11) is 0. The Balaban J connectivity index is 1.81. The summed E-state index contributed by atoms with van der Waals surface area (Å²) in [4.78, 5) is 8.10. The van der Waals surface area contributed by atoms with Gasteiger partial charge in [0.1, 0.15) is 17.3 Å². The van der Waals surface area contributed by atoms with Crippen molar-refractivity contribution >= 4 is 39.8 Å². The van der Waals surface area contributed by atoms with Gasteiger partial charge in [0.25, 0.3) is 5.78 Å². The van der Waals surface area contributed by atoms with Crippen molar-refractivity contribution < 1.29 is 0 Å². The molecule has 0 bridgehead atoms. The van der Waals surface area contributed by atoms with Crippen molar-refractivity contribution in [1.82, 2.24) is 29.8 Å². The summed E-state index contributed by atoms with van der Waals surface area (Å²) in [6, 6.07) is 7.58. The van der Waals surface area contributed by atoms with Crippen molar-refractivity contribution in [3.63, 3.8) is 0 Å². The Morgan fingerprint density at radius 3 is 3.15 bits per heavy atom. The zero-order chi connectivity index (χ0) is 13.5. The predicted molar refractivity (Wildman–Crippen MR) is 75.2 cm³/mol. The molecule has 0 spiro atoms. The van der Waals surface area contributed by atoms with Crippen LogP contribution in [0.2, 0.25) is 5.15 Å². The Morgan fingerprint density at radius 1 is 1.25 bits per heavy atom. The SMILES string of the molecule is Clc1cc(Nc2ccc3cn[nH]c3c2)n2ncnc2n1. The maximum Gasteiger partial charge on any atom is 0.255 e. The van der Waals surface area contributed by atoms with E-state index in [0.717, 1.165) is 16.6 Å². The molecule has 3 heterocycles. The van der Waals surface area contributed by atoms with Gasteiger partial charge in [0.05, 0.1) is 11.7 Å². The van der Waals surface area contributed by atoms with Gasteiger partial charge in [-0.15, -0.1) is 0 Å². The van der Waals surface area contributed by atoms with E-state index in [2.05, 4.69) is 30.6 Å². The highest BCUT2D eigenvalue weighted by atomic mass is 35.5. The molecule has 1 aromatic carbocycles. The number of H-pyrrole nitrogens is 1. The van der Waals surface area contributed by atoms with Crippen LogP contribution in [0.3, 0.4) is 0 Å². The highest BCUT2D eigenvalue weighted by molar-refractivity contribution is 6.29. The van der Waals surface area contributed by atoms with Crippen molar-refractivity contribution in [2.75, 3.05) is 5.32 Å². The maximum atomic E-state index is 5.98. The highest BCUT2D eigenvalue weighted by Gasteiger charge is 2.07. The minimum atomic E-state index is 0.357. The van der Waals surface area contributed by atoms with Gasteiger partial charge in [-0.05, 0) is 18.2 Å². The zero-order valence-corrected chi connectivity index (χ0v) is 10.8. The number of aromatic nitrogens is 6. The van der Waals surface area contributed by atoms with Crippen molar-refractivity contribution in [2.24, 2.45) is 0 Å². The van der Waals surface area contributed by atoms with Crippen molar-refractivity contribution in [1.29, 1.82) is 0 Å². The van der Waals surface area contributed by atoms with Crippen LogP contribution < -0.4 is 5.32 Å². The number of halogens is 1. The lowest BCUT2D eigenvalue weighted by Crippen LogP contribution is -2.01. The molecule has 0 aliphatic heterocycles. The van der Waals surface area contributed by atoms with Gasteiger partial charge >= 0.3 is 0 Å². The minimum Gasteiger partial charge on any atom is -0.340 e. The van der Waals surface area contributed by atoms with Crippen molar-refractivity contribution in [3.8, 4) is 0 Å². The second-order valence-corrected chi connectivity index (χ2v) is 4.62. The molecule has 0 saturated heterocycles. The number of anilines is 2. The number of nitrogens with one attached hydrogen (secondary N) is 2. The topological polar surface area (TPSA) is 83.8 Å². The first-order chi connectivity index (χ1) is 9.79. The number of rotatable bonds is 2. The number of hydrogen-bond donors (Lipinski definition) is 2. The van der Waals surface area contributed by atoms with Crippen LogP contribution in [0.25, 0.3) is 16.7 Å². The van der Waals surface area contributed by atoms with Gasteiger partial charge in [0.2, 0.25) is 0 Å². The lowest BCUT2D eigenvalue weighted by Gasteiger charge is -2.08. The minimum absolute atomic E-state index is 0.357. The summed E-state index contributed by atoms with van der Waals surface area (Å²) in [6.45, 7) is 0. The molecule has 0 aliphatic carbocycles. The summed E-state index contributed by atoms with van der Waals surface area (Å²) in [5.74, 6) is 1.14. The van der Waals surface area contributed by atoms with E-state index in [1.54, 1.807) is 16.8 Å². The predicted octanol–water partition coefficient (Wildman–Crippen LogP) is 2.40. The summed E-state index contributed by atoms with van der Waals surface area (Å²) in [5.41, 5.74) is 1.84. The van der Waals surface area contributed by atoms with Gasteiger partial charge in [-0.2, -0.15) is 24.7 Å². The summed E-state index contributed by atoms with van der Waals surface area (Å²) in [5, 5.41) is 15.7.